The van der Waals surface area contributed by atoms with Crippen molar-refractivity contribution in [2.45, 2.75) is 25.5 Å². The van der Waals surface area contributed by atoms with Gasteiger partial charge in [0.15, 0.2) is 11.5 Å². The number of carbonyl (C=O) groups is 1. The first-order valence-electron chi connectivity index (χ1n) is 10.8. The van der Waals surface area contributed by atoms with Crippen LogP contribution in [-0.4, -0.2) is 60.2 Å². The summed E-state index contributed by atoms with van der Waals surface area (Å²) in [5.41, 5.74) is 1.66. The van der Waals surface area contributed by atoms with Gasteiger partial charge >= 0.3 is 0 Å². The van der Waals surface area contributed by atoms with Crippen LogP contribution in [0.3, 0.4) is 0 Å². The van der Waals surface area contributed by atoms with E-state index < -0.39 is 0 Å². The molecule has 1 fully saturated rings. The van der Waals surface area contributed by atoms with Crippen LogP contribution in [0, 0.1) is 0 Å². The highest BCUT2D eigenvalue weighted by Gasteiger charge is 2.32. The number of aromatic nitrogens is 3. The topological polar surface area (TPSA) is 87.9 Å². The van der Waals surface area contributed by atoms with E-state index in [2.05, 4.69) is 10.3 Å². The molecule has 9 nitrogen and oxygen atoms in total. The summed E-state index contributed by atoms with van der Waals surface area (Å²) >= 11 is 0. The average Bonchev–Trinajstić information content (AvgIpc) is 3.28. The number of para-hydroxylation sites is 1. The molecule has 1 aliphatic rings. The van der Waals surface area contributed by atoms with Gasteiger partial charge in [-0.1, -0.05) is 29.5 Å². The van der Waals surface area contributed by atoms with E-state index in [1.165, 1.54) is 0 Å². The molecule has 2 heterocycles. The Labute approximate surface area is 192 Å². The van der Waals surface area contributed by atoms with Crippen molar-refractivity contribution >= 4 is 5.91 Å². The molecular weight excluding hydrogens is 424 g/mol. The Hall–Kier alpha value is -3.75. The van der Waals surface area contributed by atoms with Crippen molar-refractivity contribution in [3.63, 3.8) is 0 Å². The predicted molar refractivity (Wildman–Crippen MR) is 121 cm³/mol. The van der Waals surface area contributed by atoms with Crippen molar-refractivity contribution in [2.24, 2.45) is 0 Å². The number of likely N-dealkylation sites (tertiary alicyclic amines) is 1. The van der Waals surface area contributed by atoms with Crippen LogP contribution in [0.4, 0.5) is 0 Å². The molecule has 33 heavy (non-hydrogen) atoms. The van der Waals surface area contributed by atoms with Crippen molar-refractivity contribution in [1.29, 1.82) is 0 Å². The first-order chi connectivity index (χ1) is 16.1. The fourth-order valence-electron chi connectivity index (χ4n) is 3.82. The second kappa shape index (κ2) is 10.2. The molecule has 0 unspecified atom stereocenters. The summed E-state index contributed by atoms with van der Waals surface area (Å²) < 4.78 is 23.8. The minimum atomic E-state index is 0.0934. The van der Waals surface area contributed by atoms with Gasteiger partial charge in [-0.15, -0.1) is 5.10 Å². The molecule has 0 bridgehead atoms. The minimum Gasteiger partial charge on any atom is -0.493 e. The fourth-order valence-corrected chi connectivity index (χ4v) is 3.82. The predicted octanol–water partition coefficient (Wildman–Crippen LogP) is 2.90. The molecule has 0 aliphatic carbocycles. The molecule has 1 aliphatic heterocycles. The largest absolute Gasteiger partial charge is 0.493 e. The normalized spacial score (nSPS) is 13.4. The summed E-state index contributed by atoms with van der Waals surface area (Å²) in [7, 11) is 4.73. The molecule has 0 saturated carbocycles. The van der Waals surface area contributed by atoms with E-state index in [0.717, 1.165) is 17.0 Å². The average molecular weight is 453 g/mol. The zero-order chi connectivity index (χ0) is 23.2. The molecule has 0 spiro atoms. The van der Waals surface area contributed by atoms with E-state index in [1.807, 2.05) is 58.2 Å². The van der Waals surface area contributed by atoms with Crippen LogP contribution < -0.4 is 18.9 Å². The molecule has 1 aromatic heterocycles. The van der Waals surface area contributed by atoms with Gasteiger partial charge in [0.1, 0.15) is 18.1 Å². The summed E-state index contributed by atoms with van der Waals surface area (Å²) in [4.78, 5) is 14.5. The number of benzene rings is 2. The van der Waals surface area contributed by atoms with E-state index in [1.54, 1.807) is 21.3 Å². The number of carbonyl (C=O) groups excluding carboxylic acids is 1. The lowest BCUT2D eigenvalue weighted by Gasteiger charge is -2.39. The van der Waals surface area contributed by atoms with E-state index in [-0.39, 0.29) is 11.9 Å². The second-order valence-corrected chi connectivity index (χ2v) is 7.74. The van der Waals surface area contributed by atoms with Crippen molar-refractivity contribution in [3.8, 4) is 23.0 Å². The number of amides is 1. The molecule has 4 rings (SSSR count). The Morgan fingerprint density at radius 1 is 1.00 bits per heavy atom. The zero-order valence-electron chi connectivity index (χ0n) is 19.1. The van der Waals surface area contributed by atoms with Crippen LogP contribution in [-0.2, 0) is 17.8 Å². The summed E-state index contributed by atoms with van der Waals surface area (Å²) in [6.45, 7) is 1.58. The third-order valence-corrected chi connectivity index (χ3v) is 5.67. The number of nitrogens with zero attached hydrogens (tertiary/aromatic N) is 4. The molecule has 2 aromatic carbocycles. The van der Waals surface area contributed by atoms with Crippen LogP contribution in [0.2, 0.25) is 0 Å². The fraction of sp³-hybridized carbons (Fsp3) is 0.375. The van der Waals surface area contributed by atoms with E-state index >= 15 is 0 Å². The van der Waals surface area contributed by atoms with Gasteiger partial charge in [0.05, 0.1) is 33.6 Å². The van der Waals surface area contributed by atoms with Gasteiger partial charge in [0, 0.05) is 19.5 Å². The number of hydrogen-bond donors (Lipinski definition) is 0. The monoisotopic (exact) mass is 452 g/mol. The second-order valence-electron chi connectivity index (χ2n) is 7.74. The highest BCUT2D eigenvalue weighted by molar-refractivity contribution is 5.77. The van der Waals surface area contributed by atoms with Gasteiger partial charge in [-0.05, 0) is 30.2 Å². The molecule has 9 heteroatoms. The maximum atomic E-state index is 12.7. The first kappa shape index (κ1) is 22.4. The third kappa shape index (κ3) is 5.02. The van der Waals surface area contributed by atoms with Crippen molar-refractivity contribution in [3.05, 3.63) is 59.9 Å². The molecule has 174 valence electrons. The van der Waals surface area contributed by atoms with Crippen molar-refractivity contribution in [1.82, 2.24) is 19.9 Å². The van der Waals surface area contributed by atoms with Crippen molar-refractivity contribution in [2.75, 3.05) is 34.4 Å². The summed E-state index contributed by atoms with van der Waals surface area (Å²) in [5.74, 6) is 2.61. The molecule has 0 atom stereocenters. The number of aryl methyl sites for hydroxylation is 1. The molecule has 0 radical (unpaired) electrons. The lowest BCUT2D eigenvalue weighted by atomic mass is 10.0. The Kier molecular flexibility index (Phi) is 6.97. The van der Waals surface area contributed by atoms with E-state index in [9.17, 15) is 4.79 Å². The van der Waals surface area contributed by atoms with Gasteiger partial charge in [-0.25, -0.2) is 4.68 Å². The summed E-state index contributed by atoms with van der Waals surface area (Å²) in [6, 6.07) is 13.4. The van der Waals surface area contributed by atoms with Gasteiger partial charge in [-0.2, -0.15) is 0 Å². The zero-order valence-corrected chi connectivity index (χ0v) is 19.1. The maximum Gasteiger partial charge on any atom is 0.223 e. The van der Waals surface area contributed by atoms with Crippen molar-refractivity contribution < 1.29 is 23.7 Å². The third-order valence-electron chi connectivity index (χ3n) is 5.67. The Bertz CT molecular complexity index is 1080. The maximum absolute atomic E-state index is 12.7. The smallest absolute Gasteiger partial charge is 0.223 e. The molecular formula is C24H28N4O5. The highest BCUT2D eigenvalue weighted by atomic mass is 16.5. The Balaban J connectivity index is 1.27. The SMILES string of the molecule is COc1ccc(CCC(=O)N2CC(n3cc(COc4ccccc4)nn3)C2)c(OC)c1OC. The first-order valence-corrected chi connectivity index (χ1v) is 10.8. The van der Waals surface area contributed by atoms with E-state index in [0.29, 0.717) is 49.8 Å². The van der Waals surface area contributed by atoms with Crippen LogP contribution in [0.1, 0.15) is 23.7 Å². The van der Waals surface area contributed by atoms with E-state index in [4.69, 9.17) is 18.9 Å². The molecule has 1 amide bonds. The van der Waals surface area contributed by atoms with Crippen LogP contribution >= 0.6 is 0 Å². The van der Waals surface area contributed by atoms with Crippen LogP contribution in [0.5, 0.6) is 23.0 Å². The van der Waals surface area contributed by atoms with Gasteiger partial charge in [0.2, 0.25) is 11.7 Å². The van der Waals surface area contributed by atoms with Gasteiger partial charge in [-0.3, -0.25) is 4.79 Å². The number of methoxy groups -OCH3 is 3. The quantitative estimate of drug-likeness (QED) is 0.467. The summed E-state index contributed by atoms with van der Waals surface area (Å²) in [6.07, 6.45) is 2.81. The molecule has 3 aromatic rings. The number of rotatable bonds is 10. The number of ether oxygens (including phenoxy) is 4. The summed E-state index contributed by atoms with van der Waals surface area (Å²) in [5, 5.41) is 8.38. The standard InChI is InChI=1S/C24H28N4O5/c1-30-21-11-9-17(23(31-2)24(21)32-3)10-12-22(29)27-14-19(15-27)28-13-18(25-26-28)16-33-20-7-5-4-6-8-20/h4-9,11,13,19H,10,12,14-16H2,1-3H3. The van der Waals surface area contributed by atoms with Gasteiger partial charge in [0.25, 0.3) is 0 Å². The van der Waals surface area contributed by atoms with Crippen LogP contribution in [0.25, 0.3) is 0 Å². The molecule has 0 N–H and O–H groups in total. The van der Waals surface area contributed by atoms with Gasteiger partial charge < -0.3 is 23.8 Å². The lowest BCUT2D eigenvalue weighted by Crippen LogP contribution is -2.51. The highest BCUT2D eigenvalue weighted by Crippen LogP contribution is 2.40. The lowest BCUT2D eigenvalue weighted by molar-refractivity contribution is -0.137. The minimum absolute atomic E-state index is 0.0934. The number of hydrogen-bond acceptors (Lipinski definition) is 7. The molecule has 1 saturated heterocycles. The van der Waals surface area contributed by atoms with Crippen LogP contribution in [0.15, 0.2) is 48.7 Å². The Morgan fingerprint density at radius 3 is 2.45 bits per heavy atom. The Morgan fingerprint density at radius 2 is 1.76 bits per heavy atom.